The molecule has 1 saturated heterocycles. The maximum atomic E-state index is 13.0. The molecule has 7 heteroatoms. The first-order valence-corrected chi connectivity index (χ1v) is 9.11. The second-order valence-corrected chi connectivity index (χ2v) is 6.46. The van der Waals surface area contributed by atoms with Gasteiger partial charge in [-0.3, -0.25) is 4.79 Å². The summed E-state index contributed by atoms with van der Waals surface area (Å²) in [5.74, 6) is -0.359. The van der Waals surface area contributed by atoms with Crippen molar-refractivity contribution >= 4 is 29.0 Å². The lowest BCUT2D eigenvalue weighted by molar-refractivity contribution is -0.140. The van der Waals surface area contributed by atoms with Crippen molar-refractivity contribution in [2.75, 3.05) is 44.7 Å². The van der Waals surface area contributed by atoms with Crippen molar-refractivity contribution in [2.24, 2.45) is 0 Å². The number of carbonyl (C=O) groups excluding carboxylic acids is 1. The predicted molar refractivity (Wildman–Crippen MR) is 101 cm³/mol. The highest BCUT2D eigenvalue weighted by atomic mass is 32.1. The molecule has 25 heavy (non-hydrogen) atoms. The molecule has 0 aliphatic carbocycles. The van der Waals surface area contributed by atoms with Crippen molar-refractivity contribution in [3.8, 4) is 0 Å². The first-order valence-electron chi connectivity index (χ1n) is 8.70. The van der Waals surface area contributed by atoms with Crippen molar-refractivity contribution in [3.05, 3.63) is 30.1 Å². The zero-order valence-corrected chi connectivity index (χ0v) is 15.5. The number of anilines is 1. The van der Waals surface area contributed by atoms with Gasteiger partial charge >= 0.3 is 5.97 Å². The fourth-order valence-corrected chi connectivity index (χ4v) is 3.08. The van der Waals surface area contributed by atoms with Crippen molar-refractivity contribution in [3.63, 3.8) is 0 Å². The number of thiocarbonyl (C=S) groups is 1. The molecule has 1 aromatic rings. The van der Waals surface area contributed by atoms with Crippen LogP contribution in [0.25, 0.3) is 0 Å². The normalized spacial score (nSPS) is 14.3. The van der Waals surface area contributed by atoms with Crippen molar-refractivity contribution in [1.82, 2.24) is 10.2 Å². The molecule has 5 nitrogen and oxygen atoms in total. The standard InChI is InChI=1S/C18H26FN3O2S/c1-24-17(23)5-3-2-4-10-20-18(25)22-13-11-21(12-14-22)16-8-6-15(19)7-9-16/h6-9H,2-5,10-14H2,1H3,(H,20,25). The van der Waals surface area contributed by atoms with Gasteiger partial charge in [0.1, 0.15) is 5.82 Å². The number of nitrogens with zero attached hydrogens (tertiary/aromatic N) is 2. The Hall–Kier alpha value is -1.89. The van der Waals surface area contributed by atoms with Crippen LogP contribution in [0, 0.1) is 5.82 Å². The fraction of sp³-hybridized carbons (Fsp3) is 0.556. The Balaban J connectivity index is 1.61. The lowest BCUT2D eigenvalue weighted by atomic mass is 10.2. The Morgan fingerprint density at radius 3 is 2.48 bits per heavy atom. The molecule has 0 aromatic heterocycles. The monoisotopic (exact) mass is 367 g/mol. The topological polar surface area (TPSA) is 44.8 Å². The third kappa shape index (κ3) is 6.49. The Morgan fingerprint density at radius 2 is 1.84 bits per heavy atom. The lowest BCUT2D eigenvalue weighted by Crippen LogP contribution is -2.51. The predicted octanol–water partition coefficient (Wildman–Crippen LogP) is 2.56. The molecule has 1 aliphatic rings. The number of piperazine rings is 1. The summed E-state index contributed by atoms with van der Waals surface area (Å²) in [5, 5.41) is 4.07. The highest BCUT2D eigenvalue weighted by Gasteiger charge is 2.18. The van der Waals surface area contributed by atoms with E-state index in [1.54, 1.807) is 0 Å². The van der Waals surface area contributed by atoms with Crippen LogP contribution in [0.1, 0.15) is 25.7 Å². The van der Waals surface area contributed by atoms with Crippen molar-refractivity contribution in [1.29, 1.82) is 0 Å². The molecular formula is C18H26FN3O2S. The van der Waals surface area contributed by atoms with Crippen LogP contribution in [-0.4, -0.2) is 55.8 Å². The molecule has 1 fully saturated rings. The Morgan fingerprint density at radius 1 is 1.16 bits per heavy atom. The van der Waals surface area contributed by atoms with Gasteiger partial charge in [-0.2, -0.15) is 0 Å². The summed E-state index contributed by atoms with van der Waals surface area (Å²) in [6.45, 7) is 4.26. The quantitative estimate of drug-likeness (QED) is 0.454. The maximum Gasteiger partial charge on any atom is 0.305 e. The van der Waals surface area contributed by atoms with E-state index < -0.39 is 0 Å². The van der Waals surface area contributed by atoms with E-state index in [4.69, 9.17) is 12.2 Å². The highest BCUT2D eigenvalue weighted by Crippen LogP contribution is 2.16. The van der Waals surface area contributed by atoms with Gasteiger partial charge in [0.15, 0.2) is 5.11 Å². The molecule has 0 amide bonds. The van der Waals surface area contributed by atoms with Crippen LogP contribution in [0.2, 0.25) is 0 Å². The van der Waals surface area contributed by atoms with Crippen LogP contribution >= 0.6 is 12.2 Å². The van der Waals surface area contributed by atoms with Gasteiger partial charge in [0, 0.05) is 44.8 Å². The maximum absolute atomic E-state index is 13.0. The molecule has 138 valence electrons. The summed E-state index contributed by atoms with van der Waals surface area (Å²) in [6.07, 6.45) is 3.28. The van der Waals surface area contributed by atoms with Gasteiger partial charge in [0.2, 0.25) is 0 Å². The van der Waals surface area contributed by atoms with E-state index in [1.807, 2.05) is 12.1 Å². The first-order chi connectivity index (χ1) is 12.1. The van der Waals surface area contributed by atoms with Crippen molar-refractivity contribution in [2.45, 2.75) is 25.7 Å². The Bertz CT molecular complexity index is 560. The number of esters is 1. The van der Waals surface area contributed by atoms with Gasteiger partial charge in [-0.05, 0) is 49.3 Å². The van der Waals surface area contributed by atoms with Crippen LogP contribution in [0.3, 0.4) is 0 Å². The number of nitrogens with one attached hydrogen (secondary N) is 1. The van der Waals surface area contributed by atoms with E-state index in [-0.39, 0.29) is 11.8 Å². The number of hydrogen-bond acceptors (Lipinski definition) is 4. The van der Waals surface area contributed by atoms with Gasteiger partial charge in [0.25, 0.3) is 0 Å². The summed E-state index contributed by atoms with van der Waals surface area (Å²) in [6, 6.07) is 6.62. The SMILES string of the molecule is COC(=O)CCCCCNC(=S)N1CCN(c2ccc(F)cc2)CC1. The number of hydrogen-bond donors (Lipinski definition) is 1. The number of methoxy groups -OCH3 is 1. The minimum absolute atomic E-state index is 0.150. The largest absolute Gasteiger partial charge is 0.469 e. The molecule has 1 aliphatic heterocycles. The van der Waals surface area contributed by atoms with E-state index in [1.165, 1.54) is 19.2 Å². The average Bonchev–Trinajstić information content (AvgIpc) is 2.65. The number of unbranched alkanes of at least 4 members (excludes halogenated alkanes) is 2. The molecule has 2 rings (SSSR count). The smallest absolute Gasteiger partial charge is 0.305 e. The first kappa shape index (κ1) is 19.4. The number of ether oxygens (including phenoxy) is 1. The molecule has 0 spiro atoms. The fourth-order valence-electron chi connectivity index (χ4n) is 2.80. The molecular weight excluding hydrogens is 341 g/mol. The number of halogens is 1. The molecule has 0 radical (unpaired) electrons. The van der Waals surface area contributed by atoms with Gasteiger partial charge in [-0.25, -0.2) is 4.39 Å². The summed E-state index contributed by atoms with van der Waals surface area (Å²) in [5.41, 5.74) is 1.05. The molecule has 1 aromatic carbocycles. The minimum atomic E-state index is -0.209. The van der Waals surface area contributed by atoms with E-state index in [9.17, 15) is 9.18 Å². The molecule has 1 heterocycles. The summed E-state index contributed by atoms with van der Waals surface area (Å²) in [4.78, 5) is 15.4. The van der Waals surface area contributed by atoms with E-state index in [0.717, 1.165) is 62.8 Å². The van der Waals surface area contributed by atoms with E-state index >= 15 is 0 Å². The van der Waals surface area contributed by atoms with Crippen molar-refractivity contribution < 1.29 is 13.9 Å². The molecule has 0 saturated carbocycles. The van der Waals surface area contributed by atoms with Crippen LogP contribution in [0.5, 0.6) is 0 Å². The molecule has 1 N–H and O–H groups in total. The third-order valence-electron chi connectivity index (χ3n) is 4.32. The van der Waals surface area contributed by atoms with Crippen LogP contribution in [0.15, 0.2) is 24.3 Å². The molecule has 0 atom stereocenters. The van der Waals surface area contributed by atoms with Crippen LogP contribution < -0.4 is 10.2 Å². The van der Waals surface area contributed by atoms with Gasteiger partial charge in [0.05, 0.1) is 7.11 Å². The molecule has 0 bridgehead atoms. The van der Waals surface area contributed by atoms with E-state index in [2.05, 4.69) is 19.9 Å². The number of rotatable bonds is 7. The summed E-state index contributed by atoms with van der Waals surface area (Å²) < 4.78 is 17.6. The van der Waals surface area contributed by atoms with Crippen LogP contribution in [0.4, 0.5) is 10.1 Å². The van der Waals surface area contributed by atoms with Crippen LogP contribution in [-0.2, 0) is 9.53 Å². The van der Waals surface area contributed by atoms with E-state index in [0.29, 0.717) is 6.42 Å². The number of carbonyl (C=O) groups is 1. The Kier molecular flexibility index (Phi) is 7.91. The number of benzene rings is 1. The van der Waals surface area contributed by atoms with Gasteiger partial charge in [-0.1, -0.05) is 6.42 Å². The highest BCUT2D eigenvalue weighted by molar-refractivity contribution is 7.80. The van der Waals surface area contributed by atoms with Gasteiger partial charge in [-0.15, -0.1) is 0 Å². The van der Waals surface area contributed by atoms with Gasteiger partial charge < -0.3 is 19.9 Å². The average molecular weight is 367 g/mol. The lowest BCUT2D eigenvalue weighted by Gasteiger charge is -2.37. The minimum Gasteiger partial charge on any atom is -0.469 e. The second kappa shape index (κ2) is 10.2. The molecule has 0 unspecified atom stereocenters. The third-order valence-corrected chi connectivity index (χ3v) is 4.72. The second-order valence-electron chi connectivity index (χ2n) is 6.07. The summed E-state index contributed by atoms with van der Waals surface area (Å²) in [7, 11) is 1.41. The summed E-state index contributed by atoms with van der Waals surface area (Å²) >= 11 is 5.46. The zero-order valence-electron chi connectivity index (χ0n) is 14.7. The zero-order chi connectivity index (χ0) is 18.1. The Labute approximate surface area is 154 Å².